The van der Waals surface area contributed by atoms with Crippen molar-refractivity contribution >= 4 is 17.2 Å². The van der Waals surface area contributed by atoms with E-state index in [0.717, 1.165) is 32.7 Å². The van der Waals surface area contributed by atoms with Crippen LogP contribution in [0, 0.1) is 0 Å². The Labute approximate surface area is 160 Å². The van der Waals surface area contributed by atoms with E-state index in [-0.39, 0.29) is 18.0 Å². The first-order chi connectivity index (χ1) is 12.7. The highest BCUT2D eigenvalue weighted by Gasteiger charge is 2.30. The molecule has 0 bridgehead atoms. The molecule has 140 valence electrons. The van der Waals surface area contributed by atoms with Crippen LogP contribution in [0.4, 0.5) is 0 Å². The average Bonchev–Trinajstić information content (AvgIpc) is 3.18. The molecule has 1 aliphatic rings. The zero-order chi connectivity index (χ0) is 18.4. The molecule has 4 nitrogen and oxygen atoms in total. The van der Waals surface area contributed by atoms with Gasteiger partial charge in [0, 0.05) is 50.1 Å². The first-order valence-electron chi connectivity index (χ1n) is 9.50. The molecule has 2 aromatic rings. The minimum atomic E-state index is 0.113. The standard InChI is InChI=1S/C21H29N3OS/c1-3-20(25)22-17(2)21(19-10-7-15-26-19)24-13-11-23(12-14-24)16-18-8-5-4-6-9-18/h4-10,15,17,21H,3,11-14,16H2,1-2H3,(H,22,25)/t17-,21-/m1/s1. The van der Waals surface area contributed by atoms with E-state index >= 15 is 0 Å². The van der Waals surface area contributed by atoms with Crippen molar-refractivity contribution in [3.8, 4) is 0 Å². The lowest BCUT2D eigenvalue weighted by Crippen LogP contribution is -2.52. The molecular formula is C21H29N3OS. The van der Waals surface area contributed by atoms with Crippen molar-refractivity contribution in [3.05, 3.63) is 58.3 Å². The van der Waals surface area contributed by atoms with Gasteiger partial charge >= 0.3 is 0 Å². The van der Waals surface area contributed by atoms with E-state index in [1.165, 1.54) is 10.4 Å². The quantitative estimate of drug-likeness (QED) is 0.809. The van der Waals surface area contributed by atoms with Gasteiger partial charge in [-0.1, -0.05) is 43.3 Å². The lowest BCUT2D eigenvalue weighted by atomic mass is 10.0. The molecule has 0 unspecified atom stereocenters. The van der Waals surface area contributed by atoms with Crippen molar-refractivity contribution in [1.29, 1.82) is 0 Å². The fourth-order valence-electron chi connectivity index (χ4n) is 3.68. The molecule has 5 heteroatoms. The number of benzene rings is 1. The smallest absolute Gasteiger partial charge is 0.219 e. The molecular weight excluding hydrogens is 342 g/mol. The largest absolute Gasteiger partial charge is 0.352 e. The lowest BCUT2D eigenvalue weighted by Gasteiger charge is -2.41. The molecule has 0 spiro atoms. The zero-order valence-electron chi connectivity index (χ0n) is 15.7. The van der Waals surface area contributed by atoms with Crippen LogP contribution in [0.1, 0.15) is 36.8 Å². The third-order valence-electron chi connectivity index (χ3n) is 5.07. The second-order valence-corrected chi connectivity index (χ2v) is 7.95. The molecule has 1 aromatic heterocycles. The highest BCUT2D eigenvalue weighted by Crippen LogP contribution is 2.29. The van der Waals surface area contributed by atoms with Crippen molar-refractivity contribution in [2.75, 3.05) is 26.2 Å². The molecule has 3 rings (SSSR count). The number of rotatable bonds is 7. The summed E-state index contributed by atoms with van der Waals surface area (Å²) in [6, 6.07) is 15.3. The van der Waals surface area contributed by atoms with Crippen molar-refractivity contribution in [2.24, 2.45) is 0 Å². The van der Waals surface area contributed by atoms with Gasteiger partial charge in [-0.15, -0.1) is 11.3 Å². The SMILES string of the molecule is CCC(=O)N[C@H](C)[C@H](c1cccs1)N1CCN(Cc2ccccc2)CC1. The molecule has 1 amide bonds. The fourth-order valence-corrected chi connectivity index (χ4v) is 4.64. The van der Waals surface area contributed by atoms with Crippen LogP contribution in [0.5, 0.6) is 0 Å². The van der Waals surface area contributed by atoms with Crippen molar-refractivity contribution < 1.29 is 4.79 Å². The number of hydrogen-bond acceptors (Lipinski definition) is 4. The topological polar surface area (TPSA) is 35.6 Å². The summed E-state index contributed by atoms with van der Waals surface area (Å²) in [5.41, 5.74) is 1.37. The summed E-state index contributed by atoms with van der Waals surface area (Å²) < 4.78 is 0. The van der Waals surface area contributed by atoms with Gasteiger partial charge in [0.1, 0.15) is 0 Å². The molecule has 1 aliphatic heterocycles. The van der Waals surface area contributed by atoms with Gasteiger partial charge in [0.2, 0.25) is 5.91 Å². The third-order valence-corrected chi connectivity index (χ3v) is 6.01. The Morgan fingerprint density at radius 1 is 1.12 bits per heavy atom. The summed E-state index contributed by atoms with van der Waals surface area (Å²) in [5.74, 6) is 0.127. The van der Waals surface area contributed by atoms with Crippen LogP contribution in [0.25, 0.3) is 0 Å². The van der Waals surface area contributed by atoms with Gasteiger partial charge < -0.3 is 5.32 Å². The molecule has 1 aromatic carbocycles. The Balaban J connectivity index is 1.62. The van der Waals surface area contributed by atoms with Crippen molar-refractivity contribution in [3.63, 3.8) is 0 Å². The molecule has 1 fully saturated rings. The number of hydrogen-bond donors (Lipinski definition) is 1. The number of piperazine rings is 1. The van der Waals surface area contributed by atoms with Crippen LogP contribution in [0.3, 0.4) is 0 Å². The van der Waals surface area contributed by atoms with Gasteiger partial charge in [-0.3, -0.25) is 14.6 Å². The minimum absolute atomic E-state index is 0.113. The normalized spacial score (nSPS) is 18.4. The number of thiophene rings is 1. The van der Waals surface area contributed by atoms with E-state index in [4.69, 9.17) is 0 Å². The molecule has 0 saturated carbocycles. The molecule has 2 heterocycles. The second kappa shape index (κ2) is 9.31. The summed E-state index contributed by atoms with van der Waals surface area (Å²) in [4.78, 5) is 18.3. The Hall–Kier alpha value is -1.69. The Morgan fingerprint density at radius 2 is 1.85 bits per heavy atom. The van der Waals surface area contributed by atoms with Crippen LogP contribution in [0.2, 0.25) is 0 Å². The molecule has 0 radical (unpaired) electrons. The minimum Gasteiger partial charge on any atom is -0.352 e. The van der Waals surface area contributed by atoms with Gasteiger partial charge in [0.15, 0.2) is 0 Å². The second-order valence-electron chi connectivity index (χ2n) is 6.97. The van der Waals surface area contributed by atoms with E-state index < -0.39 is 0 Å². The first kappa shape index (κ1) is 19.1. The molecule has 1 saturated heterocycles. The Morgan fingerprint density at radius 3 is 2.46 bits per heavy atom. The van der Waals surface area contributed by atoms with Gasteiger partial charge in [0.05, 0.1) is 6.04 Å². The van der Waals surface area contributed by atoms with Gasteiger partial charge in [-0.05, 0) is 23.9 Å². The van der Waals surface area contributed by atoms with Crippen molar-refractivity contribution in [2.45, 2.75) is 38.9 Å². The molecule has 2 atom stereocenters. The monoisotopic (exact) mass is 371 g/mol. The maximum absolute atomic E-state index is 11.9. The third kappa shape index (κ3) is 4.93. The number of nitrogens with zero attached hydrogens (tertiary/aromatic N) is 2. The maximum Gasteiger partial charge on any atom is 0.219 e. The zero-order valence-corrected chi connectivity index (χ0v) is 16.5. The first-order valence-corrected chi connectivity index (χ1v) is 10.4. The Kier molecular flexibility index (Phi) is 6.83. The average molecular weight is 372 g/mol. The van der Waals surface area contributed by atoms with Crippen LogP contribution < -0.4 is 5.32 Å². The van der Waals surface area contributed by atoms with Crippen molar-refractivity contribution in [1.82, 2.24) is 15.1 Å². The maximum atomic E-state index is 11.9. The van der Waals surface area contributed by atoms with Gasteiger partial charge in [-0.2, -0.15) is 0 Å². The molecule has 26 heavy (non-hydrogen) atoms. The Bertz CT molecular complexity index is 666. The van der Waals surface area contributed by atoms with Crippen LogP contribution >= 0.6 is 11.3 Å². The van der Waals surface area contributed by atoms with Crippen LogP contribution in [-0.4, -0.2) is 47.9 Å². The number of carbonyl (C=O) groups is 1. The summed E-state index contributed by atoms with van der Waals surface area (Å²) in [7, 11) is 0. The predicted octanol–water partition coefficient (Wildman–Crippen LogP) is 3.52. The number of amides is 1. The highest BCUT2D eigenvalue weighted by atomic mass is 32.1. The molecule has 1 N–H and O–H groups in total. The number of nitrogens with one attached hydrogen (secondary N) is 1. The lowest BCUT2D eigenvalue weighted by molar-refractivity contribution is -0.121. The molecule has 0 aliphatic carbocycles. The predicted molar refractivity (Wildman–Crippen MR) is 108 cm³/mol. The fraction of sp³-hybridized carbons (Fsp3) is 0.476. The summed E-state index contributed by atoms with van der Waals surface area (Å²) >= 11 is 1.78. The van der Waals surface area contributed by atoms with E-state index in [9.17, 15) is 4.79 Å². The van der Waals surface area contributed by atoms with Crippen LogP contribution in [-0.2, 0) is 11.3 Å². The van der Waals surface area contributed by atoms with E-state index in [0.29, 0.717) is 6.42 Å². The van der Waals surface area contributed by atoms with Gasteiger partial charge in [-0.25, -0.2) is 0 Å². The van der Waals surface area contributed by atoms with Crippen LogP contribution in [0.15, 0.2) is 47.8 Å². The summed E-state index contributed by atoms with van der Waals surface area (Å²) in [6.07, 6.45) is 0.534. The highest BCUT2D eigenvalue weighted by molar-refractivity contribution is 7.10. The van der Waals surface area contributed by atoms with E-state index in [1.807, 2.05) is 6.92 Å². The van der Waals surface area contributed by atoms with Gasteiger partial charge in [0.25, 0.3) is 0 Å². The number of carbonyl (C=O) groups excluding carboxylic acids is 1. The summed E-state index contributed by atoms with van der Waals surface area (Å²) in [6.45, 7) is 9.24. The van der Waals surface area contributed by atoms with E-state index in [1.54, 1.807) is 11.3 Å². The van der Waals surface area contributed by atoms with E-state index in [2.05, 4.69) is 69.9 Å². The summed E-state index contributed by atoms with van der Waals surface area (Å²) in [5, 5.41) is 5.31.